The molecule has 0 unspecified atom stereocenters. The summed E-state index contributed by atoms with van der Waals surface area (Å²) in [5.74, 6) is -0.305. The summed E-state index contributed by atoms with van der Waals surface area (Å²) in [7, 11) is 0. The molecule has 0 heterocycles. The molecule has 0 aromatic heterocycles. The molecule has 2 nitrogen and oxygen atoms in total. The monoisotopic (exact) mass is 440 g/mol. The summed E-state index contributed by atoms with van der Waals surface area (Å²) in [6.07, 6.45) is 0. The Labute approximate surface area is 131 Å². The van der Waals surface area contributed by atoms with Crippen LogP contribution in [0.2, 0.25) is 5.02 Å². The van der Waals surface area contributed by atoms with Crippen molar-refractivity contribution in [3.05, 3.63) is 49.2 Å². The van der Waals surface area contributed by atoms with Crippen molar-refractivity contribution in [1.29, 1.82) is 0 Å². The number of benzene rings is 2. The van der Waals surface area contributed by atoms with Gasteiger partial charge in [-0.1, -0.05) is 11.6 Å². The molecule has 2 aromatic rings. The number of anilines is 3. The van der Waals surface area contributed by atoms with Gasteiger partial charge in [-0.05, 0) is 62.8 Å². The summed E-state index contributed by atoms with van der Waals surface area (Å²) in [6, 6.07) is 8.30. The van der Waals surface area contributed by atoms with Gasteiger partial charge in [0.15, 0.2) is 0 Å². The highest BCUT2D eigenvalue weighted by atomic mass is 127. The molecule has 0 fully saturated rings. The molecule has 0 amide bonds. The SMILES string of the molecule is Nc1cc(I)c(F)cc1Nc1ccc(Cl)c(Br)c1. The predicted octanol–water partition coefficient (Wildman–Crippen LogP) is 5.17. The Morgan fingerprint density at radius 3 is 2.67 bits per heavy atom. The van der Waals surface area contributed by atoms with Gasteiger partial charge in [0.1, 0.15) is 5.82 Å². The normalized spacial score (nSPS) is 10.4. The maximum Gasteiger partial charge on any atom is 0.138 e. The Morgan fingerprint density at radius 2 is 2.00 bits per heavy atom. The van der Waals surface area contributed by atoms with Crippen molar-refractivity contribution < 1.29 is 4.39 Å². The molecule has 6 heteroatoms. The zero-order chi connectivity index (χ0) is 13.3. The summed E-state index contributed by atoms with van der Waals surface area (Å²) < 4.78 is 14.7. The van der Waals surface area contributed by atoms with Gasteiger partial charge in [0.25, 0.3) is 0 Å². The smallest absolute Gasteiger partial charge is 0.138 e. The summed E-state index contributed by atoms with van der Waals surface area (Å²) in [5.41, 5.74) is 7.63. The third kappa shape index (κ3) is 3.07. The van der Waals surface area contributed by atoms with Gasteiger partial charge in [0, 0.05) is 16.2 Å². The molecule has 0 saturated carbocycles. The fourth-order valence-corrected chi connectivity index (χ4v) is 2.39. The van der Waals surface area contributed by atoms with Crippen molar-refractivity contribution in [2.24, 2.45) is 0 Å². The third-order valence-electron chi connectivity index (χ3n) is 2.29. The Bertz CT molecular complexity index is 607. The molecule has 0 atom stereocenters. The molecule has 0 spiro atoms. The van der Waals surface area contributed by atoms with E-state index in [-0.39, 0.29) is 5.82 Å². The molecular formula is C12H8BrClFIN2. The van der Waals surface area contributed by atoms with Crippen LogP contribution >= 0.6 is 50.1 Å². The molecule has 94 valence electrons. The topological polar surface area (TPSA) is 38.0 Å². The van der Waals surface area contributed by atoms with Crippen molar-refractivity contribution in [2.75, 3.05) is 11.1 Å². The van der Waals surface area contributed by atoms with E-state index in [1.54, 1.807) is 24.3 Å². The van der Waals surface area contributed by atoms with Crippen LogP contribution in [-0.4, -0.2) is 0 Å². The van der Waals surface area contributed by atoms with Gasteiger partial charge in [-0.3, -0.25) is 0 Å². The van der Waals surface area contributed by atoms with Crippen LogP contribution in [0.3, 0.4) is 0 Å². The van der Waals surface area contributed by atoms with Crippen LogP contribution in [0.4, 0.5) is 21.5 Å². The lowest BCUT2D eigenvalue weighted by atomic mass is 10.2. The van der Waals surface area contributed by atoms with E-state index >= 15 is 0 Å². The first kappa shape index (κ1) is 13.9. The van der Waals surface area contributed by atoms with E-state index in [9.17, 15) is 4.39 Å². The van der Waals surface area contributed by atoms with E-state index < -0.39 is 0 Å². The Morgan fingerprint density at radius 1 is 1.28 bits per heavy atom. The van der Waals surface area contributed by atoms with Crippen LogP contribution in [-0.2, 0) is 0 Å². The molecule has 0 aliphatic heterocycles. The lowest BCUT2D eigenvalue weighted by molar-refractivity contribution is 0.621. The standard InChI is InChI=1S/C12H8BrClFIN2/c13-7-3-6(1-2-8(7)14)18-12-4-9(15)10(16)5-11(12)17/h1-5,18H,17H2. The number of rotatable bonds is 2. The van der Waals surface area contributed by atoms with E-state index in [1.165, 1.54) is 6.07 Å². The van der Waals surface area contributed by atoms with E-state index in [0.717, 1.165) is 10.2 Å². The molecule has 0 aliphatic carbocycles. The average Bonchev–Trinajstić information content (AvgIpc) is 2.31. The van der Waals surface area contributed by atoms with Gasteiger partial charge in [0.2, 0.25) is 0 Å². The lowest BCUT2D eigenvalue weighted by Crippen LogP contribution is -1.98. The lowest BCUT2D eigenvalue weighted by Gasteiger charge is -2.11. The average molecular weight is 441 g/mol. The van der Waals surface area contributed by atoms with E-state index in [4.69, 9.17) is 17.3 Å². The Hall–Kier alpha value is -0.530. The van der Waals surface area contributed by atoms with Gasteiger partial charge < -0.3 is 11.1 Å². The first-order valence-electron chi connectivity index (χ1n) is 4.94. The molecule has 0 bridgehead atoms. The highest BCUT2D eigenvalue weighted by Crippen LogP contribution is 2.30. The summed E-state index contributed by atoms with van der Waals surface area (Å²) in [4.78, 5) is 0. The second-order valence-electron chi connectivity index (χ2n) is 3.61. The fraction of sp³-hybridized carbons (Fsp3) is 0. The minimum Gasteiger partial charge on any atom is -0.397 e. The molecular weight excluding hydrogens is 433 g/mol. The summed E-state index contributed by atoms with van der Waals surface area (Å²) in [5, 5.41) is 3.66. The number of halogens is 4. The maximum atomic E-state index is 13.5. The fourth-order valence-electron chi connectivity index (χ4n) is 1.40. The van der Waals surface area contributed by atoms with Crippen molar-refractivity contribution in [3.63, 3.8) is 0 Å². The Balaban J connectivity index is 2.34. The van der Waals surface area contributed by atoms with Gasteiger partial charge in [-0.15, -0.1) is 0 Å². The molecule has 2 aromatic carbocycles. The number of nitrogen functional groups attached to an aromatic ring is 1. The van der Waals surface area contributed by atoms with Crippen LogP contribution in [0.5, 0.6) is 0 Å². The quantitative estimate of drug-likeness (QED) is 0.498. The van der Waals surface area contributed by atoms with E-state index in [2.05, 4.69) is 21.2 Å². The minimum atomic E-state index is -0.305. The molecule has 18 heavy (non-hydrogen) atoms. The Kier molecular flexibility index (Phi) is 4.34. The predicted molar refractivity (Wildman–Crippen MR) is 86.0 cm³/mol. The first-order valence-corrected chi connectivity index (χ1v) is 7.19. The second kappa shape index (κ2) is 5.63. The van der Waals surface area contributed by atoms with Gasteiger partial charge in [-0.25, -0.2) is 4.39 Å². The minimum absolute atomic E-state index is 0.305. The third-order valence-corrected chi connectivity index (χ3v) is 4.33. The van der Waals surface area contributed by atoms with Crippen LogP contribution in [0.25, 0.3) is 0 Å². The molecule has 2 rings (SSSR count). The van der Waals surface area contributed by atoms with E-state index in [1.807, 2.05) is 22.6 Å². The molecule has 0 radical (unpaired) electrons. The van der Waals surface area contributed by atoms with Gasteiger partial charge >= 0.3 is 0 Å². The van der Waals surface area contributed by atoms with Crippen LogP contribution < -0.4 is 11.1 Å². The zero-order valence-corrected chi connectivity index (χ0v) is 13.5. The maximum absolute atomic E-state index is 13.5. The molecule has 3 N–H and O–H groups in total. The van der Waals surface area contributed by atoms with Crippen LogP contribution in [0, 0.1) is 9.39 Å². The molecule has 0 saturated heterocycles. The molecule has 0 aliphatic rings. The number of nitrogens with two attached hydrogens (primary N) is 1. The largest absolute Gasteiger partial charge is 0.397 e. The van der Waals surface area contributed by atoms with Crippen molar-refractivity contribution in [1.82, 2.24) is 0 Å². The van der Waals surface area contributed by atoms with Crippen LogP contribution in [0.1, 0.15) is 0 Å². The highest BCUT2D eigenvalue weighted by Gasteiger charge is 2.07. The first-order chi connectivity index (χ1) is 8.47. The zero-order valence-electron chi connectivity index (χ0n) is 8.98. The van der Waals surface area contributed by atoms with Crippen molar-refractivity contribution in [2.45, 2.75) is 0 Å². The second-order valence-corrected chi connectivity index (χ2v) is 6.03. The van der Waals surface area contributed by atoms with Gasteiger partial charge in [-0.2, -0.15) is 0 Å². The number of hydrogen-bond donors (Lipinski definition) is 2. The van der Waals surface area contributed by atoms with Crippen LogP contribution in [0.15, 0.2) is 34.8 Å². The van der Waals surface area contributed by atoms with E-state index in [0.29, 0.717) is 20.0 Å². The number of hydrogen-bond acceptors (Lipinski definition) is 2. The van der Waals surface area contributed by atoms with Crippen molar-refractivity contribution in [3.8, 4) is 0 Å². The van der Waals surface area contributed by atoms with Gasteiger partial charge in [0.05, 0.1) is 20.0 Å². The summed E-state index contributed by atoms with van der Waals surface area (Å²) >= 11 is 11.1. The summed E-state index contributed by atoms with van der Waals surface area (Å²) in [6.45, 7) is 0. The number of nitrogens with one attached hydrogen (secondary N) is 1. The van der Waals surface area contributed by atoms with Crippen molar-refractivity contribution >= 4 is 67.2 Å². The highest BCUT2D eigenvalue weighted by molar-refractivity contribution is 14.1.